The van der Waals surface area contributed by atoms with E-state index >= 15 is 0 Å². The summed E-state index contributed by atoms with van der Waals surface area (Å²) in [4.78, 5) is 24.1. The van der Waals surface area contributed by atoms with Gasteiger partial charge in [0.1, 0.15) is 0 Å². The summed E-state index contributed by atoms with van der Waals surface area (Å²) in [7, 11) is 0. The molecule has 1 aromatic carbocycles. The van der Waals surface area contributed by atoms with Gasteiger partial charge in [-0.05, 0) is 32.9 Å². The molecule has 0 aliphatic heterocycles. The fourth-order valence-corrected chi connectivity index (χ4v) is 0.841. The molecule has 0 spiro atoms. The molecule has 0 aliphatic rings. The normalized spacial score (nSPS) is 8.67. The number of hydrogen-bond donors (Lipinski definition) is 2. The van der Waals surface area contributed by atoms with E-state index in [1.165, 1.54) is 0 Å². The van der Waals surface area contributed by atoms with Crippen molar-refractivity contribution in [3.8, 4) is 0 Å². The second-order valence-electron chi connectivity index (χ2n) is 3.67. The lowest BCUT2D eigenvalue weighted by Crippen LogP contribution is -2.00. The summed E-state index contributed by atoms with van der Waals surface area (Å²) in [6.07, 6.45) is 0. The first-order valence-electron chi connectivity index (χ1n) is 5.18. The van der Waals surface area contributed by atoms with E-state index in [0.29, 0.717) is 11.1 Å². The summed E-state index contributed by atoms with van der Waals surface area (Å²) in [6.45, 7) is 5.16. The Bertz CT molecular complexity index is 430. The molecule has 98 valence electrons. The van der Waals surface area contributed by atoms with Crippen molar-refractivity contribution in [2.24, 2.45) is 0 Å². The van der Waals surface area contributed by atoms with Crippen LogP contribution in [-0.4, -0.2) is 22.3 Å². The number of allylic oxidation sites excluding steroid dienone is 1. The average molecular weight is 252 g/mol. The number of carboxylic acids is 1. The zero-order chi connectivity index (χ0) is 14.1. The largest absolute Gasteiger partial charge is 0.478 e. The summed E-state index contributed by atoms with van der Waals surface area (Å²) in [5, 5.41) is 16.2. The van der Waals surface area contributed by atoms with Crippen LogP contribution in [0.5, 0.6) is 0 Å². The summed E-state index contributed by atoms with van der Waals surface area (Å²) in [5.74, 6) is -1.56. The molecule has 0 aromatic heterocycles. The van der Waals surface area contributed by atoms with Crippen molar-refractivity contribution >= 4 is 11.9 Å². The highest BCUT2D eigenvalue weighted by molar-refractivity contribution is 5.88. The minimum atomic E-state index is -0.829. The molecule has 0 radical (unpaired) electrons. The molecule has 1 aromatic rings. The number of benzene rings is 1. The van der Waals surface area contributed by atoms with Gasteiger partial charge < -0.3 is 5.11 Å². The van der Waals surface area contributed by atoms with Crippen LogP contribution in [-0.2, 0) is 9.68 Å². The Kier molecular flexibility index (Phi) is 7.07. The first-order chi connectivity index (χ1) is 8.40. The summed E-state index contributed by atoms with van der Waals surface area (Å²) in [5.41, 5.74) is 1.63. The van der Waals surface area contributed by atoms with E-state index in [2.05, 4.69) is 4.89 Å². The number of carboxylic acid groups (broad SMARTS) is 1. The zero-order valence-electron chi connectivity index (χ0n) is 10.5. The van der Waals surface area contributed by atoms with E-state index in [0.717, 1.165) is 5.57 Å². The van der Waals surface area contributed by atoms with Gasteiger partial charge in [-0.25, -0.2) is 9.59 Å². The molecule has 0 atom stereocenters. The van der Waals surface area contributed by atoms with Gasteiger partial charge in [-0.3, -0.25) is 4.89 Å². The Labute approximate surface area is 105 Å². The number of hydrogen-bond acceptors (Lipinski definition) is 4. The van der Waals surface area contributed by atoms with Crippen LogP contribution in [0.2, 0.25) is 0 Å². The molecule has 5 heteroatoms. The molecular weight excluding hydrogens is 236 g/mol. The van der Waals surface area contributed by atoms with Crippen LogP contribution in [0, 0.1) is 0 Å². The van der Waals surface area contributed by atoms with E-state index in [1.54, 1.807) is 51.1 Å². The maximum absolute atomic E-state index is 10.5. The van der Waals surface area contributed by atoms with Crippen LogP contribution < -0.4 is 0 Å². The molecule has 1 rings (SSSR count). The third-order valence-corrected chi connectivity index (χ3v) is 2.16. The molecule has 0 saturated carbocycles. The highest BCUT2D eigenvalue weighted by Gasteiger charge is 2.02. The third-order valence-electron chi connectivity index (χ3n) is 2.16. The summed E-state index contributed by atoms with van der Waals surface area (Å²) >= 11 is 0. The molecule has 2 N–H and O–H groups in total. The molecule has 0 aliphatic carbocycles. The highest BCUT2D eigenvalue weighted by atomic mass is 17.1. The molecule has 18 heavy (non-hydrogen) atoms. The number of carbonyl (C=O) groups excluding carboxylic acids is 1. The fraction of sp³-hybridized carbons (Fsp3) is 0.231. The minimum Gasteiger partial charge on any atom is -0.478 e. The van der Waals surface area contributed by atoms with Gasteiger partial charge in [-0.2, -0.15) is 5.26 Å². The quantitative estimate of drug-likeness (QED) is 0.480. The summed E-state index contributed by atoms with van der Waals surface area (Å²) in [6, 6.07) is 8.25. The molecule has 5 nitrogen and oxygen atoms in total. The molecule has 0 bridgehead atoms. The van der Waals surface area contributed by atoms with Crippen LogP contribution in [0.15, 0.2) is 41.5 Å². The van der Waals surface area contributed by atoms with E-state index in [-0.39, 0.29) is 0 Å². The Morgan fingerprint density at radius 3 is 1.83 bits per heavy atom. The predicted octanol–water partition coefficient (Wildman–Crippen LogP) is 2.74. The molecule has 0 saturated heterocycles. The van der Waals surface area contributed by atoms with Gasteiger partial charge in [-0.1, -0.05) is 23.8 Å². The van der Waals surface area contributed by atoms with Crippen molar-refractivity contribution in [3.05, 3.63) is 47.0 Å². The molecule has 0 fully saturated rings. The van der Waals surface area contributed by atoms with Crippen molar-refractivity contribution in [1.29, 1.82) is 0 Å². The first-order valence-corrected chi connectivity index (χ1v) is 5.18. The van der Waals surface area contributed by atoms with E-state index in [4.69, 9.17) is 10.4 Å². The van der Waals surface area contributed by atoms with Crippen LogP contribution >= 0.6 is 0 Å². The molecule has 0 heterocycles. The summed E-state index contributed by atoms with van der Waals surface area (Å²) < 4.78 is 0. The van der Waals surface area contributed by atoms with E-state index in [1.807, 2.05) is 0 Å². The zero-order valence-corrected chi connectivity index (χ0v) is 10.5. The number of carbonyl (C=O) groups is 2. The molecule has 0 unspecified atom stereocenters. The van der Waals surface area contributed by atoms with Gasteiger partial charge in [0, 0.05) is 5.57 Å². The van der Waals surface area contributed by atoms with Crippen LogP contribution in [0.25, 0.3) is 0 Å². The third kappa shape index (κ3) is 5.81. The Morgan fingerprint density at radius 1 is 1.06 bits per heavy atom. The highest BCUT2D eigenvalue weighted by Crippen LogP contribution is 2.00. The average Bonchev–Trinajstić information content (AvgIpc) is 2.38. The fourth-order valence-electron chi connectivity index (χ4n) is 0.841. The minimum absolute atomic E-state index is 0.338. The van der Waals surface area contributed by atoms with E-state index < -0.39 is 11.9 Å². The number of aliphatic carboxylic acids is 1. The van der Waals surface area contributed by atoms with Gasteiger partial charge in [0.05, 0.1) is 5.56 Å². The van der Waals surface area contributed by atoms with Crippen LogP contribution in [0.3, 0.4) is 0 Å². The standard InChI is InChI=1S/C7H6O3.C6H10O2/c8-7(10-9)6-4-2-1-3-5-6;1-4(2)5(3)6(7)8/h1-5,9H;1-3H3,(H,7,8). The van der Waals surface area contributed by atoms with Crippen LogP contribution in [0.1, 0.15) is 31.1 Å². The molecular formula is C13H16O5. The van der Waals surface area contributed by atoms with Crippen molar-refractivity contribution in [3.63, 3.8) is 0 Å². The lowest BCUT2D eigenvalue weighted by molar-refractivity contribution is -0.182. The second-order valence-corrected chi connectivity index (χ2v) is 3.67. The first kappa shape index (κ1) is 15.9. The molecule has 0 amide bonds. The maximum atomic E-state index is 10.5. The van der Waals surface area contributed by atoms with E-state index in [9.17, 15) is 9.59 Å². The van der Waals surface area contributed by atoms with Gasteiger partial charge in [0.15, 0.2) is 0 Å². The number of rotatable bonds is 2. The monoisotopic (exact) mass is 252 g/mol. The Hall–Kier alpha value is -2.14. The second kappa shape index (κ2) is 8.03. The Morgan fingerprint density at radius 2 is 1.56 bits per heavy atom. The van der Waals surface area contributed by atoms with Gasteiger partial charge >= 0.3 is 11.9 Å². The van der Waals surface area contributed by atoms with Gasteiger partial charge in [-0.15, -0.1) is 0 Å². The lowest BCUT2D eigenvalue weighted by atomic mass is 10.2. The smallest absolute Gasteiger partial charge is 0.372 e. The lowest BCUT2D eigenvalue weighted by Gasteiger charge is -1.92. The SMILES string of the molecule is CC(C)=C(C)C(=O)O.O=C(OO)c1ccccc1. The van der Waals surface area contributed by atoms with Gasteiger partial charge in [0.2, 0.25) is 0 Å². The van der Waals surface area contributed by atoms with Crippen molar-refractivity contribution in [2.45, 2.75) is 20.8 Å². The van der Waals surface area contributed by atoms with Crippen molar-refractivity contribution < 1.29 is 24.8 Å². The predicted molar refractivity (Wildman–Crippen MR) is 66.2 cm³/mol. The Balaban J connectivity index is 0.000000331. The maximum Gasteiger partial charge on any atom is 0.372 e. The topological polar surface area (TPSA) is 83.8 Å². The van der Waals surface area contributed by atoms with Gasteiger partial charge in [0.25, 0.3) is 0 Å². The van der Waals surface area contributed by atoms with Crippen molar-refractivity contribution in [2.75, 3.05) is 0 Å². The van der Waals surface area contributed by atoms with Crippen LogP contribution in [0.4, 0.5) is 0 Å². The van der Waals surface area contributed by atoms with Crippen molar-refractivity contribution in [1.82, 2.24) is 0 Å².